The first-order valence-electron chi connectivity index (χ1n) is 9.07. The maximum Gasteiger partial charge on any atom is 0.387 e. The minimum atomic E-state index is -2.99. The van der Waals surface area contributed by atoms with E-state index in [4.69, 9.17) is 5.73 Å². The standard InChI is InChI=1S/C18H22F2N6O2/c1-18(10-27)8-26(9-18)14-6-12(23-17(24-14)25-3-2-4-25)11-5-13(28-16(19)20)15(21)22-7-11/h5-7,16,27H,2-4,8-10H2,1H3,(H2,21,22). The molecule has 8 nitrogen and oxygen atoms in total. The molecule has 10 heteroatoms. The predicted octanol–water partition coefficient (Wildman–Crippen LogP) is 1.75. The number of nitrogen functional groups attached to an aromatic ring is 1. The molecule has 28 heavy (non-hydrogen) atoms. The number of aliphatic hydroxyl groups is 1. The van der Waals surface area contributed by atoms with E-state index in [9.17, 15) is 13.9 Å². The van der Waals surface area contributed by atoms with Crippen molar-refractivity contribution < 1.29 is 18.6 Å². The van der Waals surface area contributed by atoms with Crippen LogP contribution in [0.3, 0.4) is 0 Å². The molecule has 0 amide bonds. The van der Waals surface area contributed by atoms with Crippen molar-refractivity contribution in [3.8, 4) is 17.0 Å². The number of aromatic nitrogens is 3. The molecule has 0 spiro atoms. The fourth-order valence-electron chi connectivity index (χ4n) is 3.31. The van der Waals surface area contributed by atoms with Crippen molar-refractivity contribution in [1.29, 1.82) is 0 Å². The molecular weight excluding hydrogens is 370 g/mol. The normalized spacial score (nSPS) is 18.0. The molecule has 150 valence electrons. The first-order chi connectivity index (χ1) is 13.4. The average molecular weight is 392 g/mol. The van der Waals surface area contributed by atoms with Crippen molar-refractivity contribution >= 4 is 17.6 Å². The second-order valence-electron chi connectivity index (χ2n) is 7.56. The molecule has 0 bridgehead atoms. The number of hydrogen-bond donors (Lipinski definition) is 2. The van der Waals surface area contributed by atoms with Gasteiger partial charge in [0.2, 0.25) is 5.95 Å². The van der Waals surface area contributed by atoms with E-state index in [0.29, 0.717) is 30.3 Å². The molecule has 4 rings (SSSR count). The minimum Gasteiger partial charge on any atom is -0.431 e. The van der Waals surface area contributed by atoms with Crippen LogP contribution >= 0.6 is 0 Å². The zero-order chi connectivity index (χ0) is 19.9. The third kappa shape index (κ3) is 3.51. The Bertz CT molecular complexity index is 871. The SMILES string of the molecule is CC1(CO)CN(c2cc(-c3cnc(N)c(OC(F)F)c3)nc(N3CCC3)n2)C1. The Morgan fingerprint density at radius 3 is 2.61 bits per heavy atom. The molecule has 2 fully saturated rings. The van der Waals surface area contributed by atoms with Crippen LogP contribution < -0.4 is 20.3 Å². The van der Waals surface area contributed by atoms with E-state index in [1.165, 1.54) is 12.3 Å². The zero-order valence-electron chi connectivity index (χ0n) is 15.5. The third-order valence-corrected chi connectivity index (χ3v) is 5.08. The molecule has 0 saturated carbocycles. The highest BCUT2D eigenvalue weighted by Gasteiger charge is 2.39. The van der Waals surface area contributed by atoms with Gasteiger partial charge in [-0.1, -0.05) is 6.92 Å². The Morgan fingerprint density at radius 1 is 1.25 bits per heavy atom. The molecular formula is C18H22F2N6O2. The Morgan fingerprint density at radius 2 is 2.00 bits per heavy atom. The van der Waals surface area contributed by atoms with Crippen molar-refractivity contribution in [2.24, 2.45) is 5.41 Å². The van der Waals surface area contributed by atoms with Crippen LogP contribution in [0.4, 0.5) is 26.4 Å². The minimum absolute atomic E-state index is 0.108. The summed E-state index contributed by atoms with van der Waals surface area (Å²) in [7, 11) is 0. The first-order valence-corrected chi connectivity index (χ1v) is 9.07. The van der Waals surface area contributed by atoms with Crippen molar-refractivity contribution in [3.05, 3.63) is 18.3 Å². The zero-order valence-corrected chi connectivity index (χ0v) is 15.5. The molecule has 0 radical (unpaired) electrons. The van der Waals surface area contributed by atoms with Crippen molar-refractivity contribution in [2.45, 2.75) is 20.0 Å². The highest BCUT2D eigenvalue weighted by atomic mass is 19.3. The largest absolute Gasteiger partial charge is 0.431 e. The Kier molecular flexibility index (Phi) is 4.66. The predicted molar refractivity (Wildman–Crippen MR) is 101 cm³/mol. The van der Waals surface area contributed by atoms with Crippen LogP contribution in [0.25, 0.3) is 11.3 Å². The van der Waals surface area contributed by atoms with Crippen LogP contribution in [0.1, 0.15) is 13.3 Å². The smallest absolute Gasteiger partial charge is 0.387 e. The van der Waals surface area contributed by atoms with Crippen LogP contribution in [-0.4, -0.2) is 59.5 Å². The van der Waals surface area contributed by atoms with Gasteiger partial charge in [0, 0.05) is 49.4 Å². The van der Waals surface area contributed by atoms with Gasteiger partial charge in [-0.2, -0.15) is 13.8 Å². The van der Waals surface area contributed by atoms with E-state index in [-0.39, 0.29) is 23.6 Å². The molecule has 3 N–H and O–H groups in total. The van der Waals surface area contributed by atoms with Gasteiger partial charge in [0.25, 0.3) is 0 Å². The lowest BCUT2D eigenvalue weighted by Gasteiger charge is -2.48. The lowest BCUT2D eigenvalue weighted by Crippen LogP contribution is -2.57. The van der Waals surface area contributed by atoms with Gasteiger partial charge in [0.1, 0.15) is 5.82 Å². The van der Waals surface area contributed by atoms with E-state index in [0.717, 1.165) is 25.3 Å². The lowest BCUT2D eigenvalue weighted by atomic mass is 9.83. The summed E-state index contributed by atoms with van der Waals surface area (Å²) in [4.78, 5) is 17.3. The molecule has 4 heterocycles. The number of alkyl halides is 2. The highest BCUT2D eigenvalue weighted by Crippen LogP contribution is 2.36. The van der Waals surface area contributed by atoms with Crippen LogP contribution in [0.15, 0.2) is 18.3 Å². The number of aliphatic hydroxyl groups excluding tert-OH is 1. The van der Waals surface area contributed by atoms with Crippen molar-refractivity contribution in [3.63, 3.8) is 0 Å². The number of anilines is 3. The highest BCUT2D eigenvalue weighted by molar-refractivity contribution is 5.68. The second kappa shape index (κ2) is 7.01. The van der Waals surface area contributed by atoms with Gasteiger partial charge < -0.3 is 25.4 Å². The first kappa shape index (κ1) is 18.6. The van der Waals surface area contributed by atoms with Gasteiger partial charge >= 0.3 is 6.61 Å². The van der Waals surface area contributed by atoms with Gasteiger partial charge in [-0.15, -0.1) is 0 Å². The molecule has 0 aliphatic carbocycles. The van der Waals surface area contributed by atoms with E-state index >= 15 is 0 Å². The Hall–Kier alpha value is -2.75. The summed E-state index contributed by atoms with van der Waals surface area (Å²) in [6.07, 6.45) is 2.55. The van der Waals surface area contributed by atoms with Crippen LogP contribution in [0, 0.1) is 5.41 Å². The monoisotopic (exact) mass is 392 g/mol. The summed E-state index contributed by atoms with van der Waals surface area (Å²) >= 11 is 0. The fraction of sp³-hybridized carbons (Fsp3) is 0.500. The molecule has 0 unspecified atom stereocenters. The van der Waals surface area contributed by atoms with Gasteiger partial charge in [-0.25, -0.2) is 9.97 Å². The number of nitrogens with two attached hydrogens (primary N) is 1. The number of rotatable bonds is 6. The maximum absolute atomic E-state index is 12.6. The molecule has 2 aliphatic heterocycles. The summed E-state index contributed by atoms with van der Waals surface area (Å²) in [5.41, 5.74) is 6.55. The van der Waals surface area contributed by atoms with Gasteiger partial charge in [-0.3, -0.25) is 0 Å². The van der Waals surface area contributed by atoms with E-state index in [2.05, 4.69) is 29.5 Å². The quantitative estimate of drug-likeness (QED) is 0.767. The second-order valence-corrected chi connectivity index (χ2v) is 7.56. The lowest BCUT2D eigenvalue weighted by molar-refractivity contribution is -0.0494. The molecule has 0 atom stereocenters. The molecule has 0 aromatic carbocycles. The molecule has 2 aromatic rings. The van der Waals surface area contributed by atoms with Gasteiger partial charge in [-0.05, 0) is 12.5 Å². The number of nitrogens with zero attached hydrogens (tertiary/aromatic N) is 5. The molecule has 2 saturated heterocycles. The third-order valence-electron chi connectivity index (χ3n) is 5.08. The summed E-state index contributed by atoms with van der Waals surface area (Å²) in [6, 6.07) is 3.20. The van der Waals surface area contributed by atoms with E-state index in [1.807, 2.05) is 6.92 Å². The number of hydrogen-bond acceptors (Lipinski definition) is 8. The van der Waals surface area contributed by atoms with Crippen LogP contribution in [-0.2, 0) is 0 Å². The van der Waals surface area contributed by atoms with Gasteiger partial charge in [0.05, 0.1) is 12.3 Å². The summed E-state index contributed by atoms with van der Waals surface area (Å²) < 4.78 is 29.7. The summed E-state index contributed by atoms with van der Waals surface area (Å²) in [5.74, 6) is 1.02. The Balaban J connectivity index is 1.69. The molecule has 2 aliphatic rings. The van der Waals surface area contributed by atoms with Crippen molar-refractivity contribution in [2.75, 3.05) is 48.3 Å². The number of pyridine rings is 1. The average Bonchev–Trinajstić information content (AvgIpc) is 2.58. The van der Waals surface area contributed by atoms with Gasteiger partial charge in [0.15, 0.2) is 11.6 Å². The number of halogens is 2. The summed E-state index contributed by atoms with van der Waals surface area (Å²) in [5, 5.41) is 9.50. The van der Waals surface area contributed by atoms with Crippen LogP contribution in [0.2, 0.25) is 0 Å². The van der Waals surface area contributed by atoms with Crippen LogP contribution in [0.5, 0.6) is 5.75 Å². The topological polar surface area (TPSA) is 101 Å². The number of ether oxygens (including phenoxy) is 1. The summed E-state index contributed by atoms with van der Waals surface area (Å²) in [6.45, 7) is 2.23. The molecule has 2 aromatic heterocycles. The fourth-order valence-corrected chi connectivity index (χ4v) is 3.31. The Labute approximate surface area is 161 Å². The van der Waals surface area contributed by atoms with E-state index < -0.39 is 6.61 Å². The maximum atomic E-state index is 12.6. The van der Waals surface area contributed by atoms with E-state index in [1.54, 1.807) is 6.07 Å². The van der Waals surface area contributed by atoms with Crippen molar-refractivity contribution in [1.82, 2.24) is 15.0 Å².